The molecule has 2 heterocycles. The van der Waals surface area contributed by atoms with Gasteiger partial charge in [-0.25, -0.2) is 0 Å². The zero-order chi connectivity index (χ0) is 10.5. The van der Waals surface area contributed by atoms with Crippen LogP contribution in [0.4, 0.5) is 0 Å². The van der Waals surface area contributed by atoms with Gasteiger partial charge < -0.3 is 9.84 Å². The van der Waals surface area contributed by atoms with Crippen LogP contribution in [0.15, 0.2) is 22.3 Å². The topological polar surface area (TPSA) is 51.0 Å². The van der Waals surface area contributed by atoms with E-state index in [2.05, 4.69) is 22.4 Å². The molecule has 0 fully saturated rings. The monoisotopic (exact) mass is 223 g/mol. The molecule has 0 spiro atoms. The van der Waals surface area contributed by atoms with Crippen LogP contribution in [-0.2, 0) is 19.5 Å². The molecule has 0 saturated carbocycles. The maximum absolute atomic E-state index is 5.15. The molecule has 2 aromatic heterocycles. The first-order chi connectivity index (χ1) is 7.38. The van der Waals surface area contributed by atoms with Gasteiger partial charge in [-0.1, -0.05) is 12.1 Å². The number of aromatic nitrogens is 2. The number of nitrogens with one attached hydrogen (secondary N) is 1. The molecular formula is C10H13N3OS. The van der Waals surface area contributed by atoms with Gasteiger partial charge in [0.05, 0.1) is 17.7 Å². The third-order valence-corrected chi connectivity index (χ3v) is 2.83. The smallest absolute Gasteiger partial charge is 0.150 e. The fourth-order valence-corrected chi connectivity index (χ4v) is 1.81. The average Bonchev–Trinajstić information content (AvgIpc) is 2.88. The molecule has 0 aliphatic heterocycles. The van der Waals surface area contributed by atoms with Crippen LogP contribution < -0.4 is 5.32 Å². The highest BCUT2D eigenvalue weighted by Crippen LogP contribution is 2.06. The summed E-state index contributed by atoms with van der Waals surface area (Å²) < 4.78 is 5.15. The van der Waals surface area contributed by atoms with E-state index in [1.165, 1.54) is 4.88 Å². The van der Waals surface area contributed by atoms with E-state index in [4.69, 9.17) is 4.52 Å². The van der Waals surface area contributed by atoms with Crippen LogP contribution >= 0.6 is 11.3 Å². The van der Waals surface area contributed by atoms with Gasteiger partial charge in [0.15, 0.2) is 5.76 Å². The standard InChI is InChI=1S/C10H13N3OS/c1-2-8-3-9(14-13-8)4-11-5-10-6-12-7-15-10/h3,6-7,11H,2,4-5H2,1H3. The normalized spacial score (nSPS) is 10.7. The Morgan fingerprint density at radius 3 is 3.07 bits per heavy atom. The second-order valence-electron chi connectivity index (χ2n) is 3.21. The Labute approximate surface area is 92.3 Å². The summed E-state index contributed by atoms with van der Waals surface area (Å²) in [6.07, 6.45) is 2.79. The summed E-state index contributed by atoms with van der Waals surface area (Å²) >= 11 is 1.65. The van der Waals surface area contributed by atoms with Crippen molar-refractivity contribution in [3.8, 4) is 0 Å². The quantitative estimate of drug-likeness (QED) is 0.842. The van der Waals surface area contributed by atoms with Crippen LogP contribution in [0.5, 0.6) is 0 Å². The van der Waals surface area contributed by atoms with Crippen molar-refractivity contribution in [2.45, 2.75) is 26.4 Å². The van der Waals surface area contributed by atoms with Gasteiger partial charge in [0.1, 0.15) is 0 Å². The lowest BCUT2D eigenvalue weighted by Crippen LogP contribution is -2.11. The first-order valence-electron chi connectivity index (χ1n) is 4.91. The summed E-state index contributed by atoms with van der Waals surface area (Å²) in [4.78, 5) is 5.24. The summed E-state index contributed by atoms with van der Waals surface area (Å²) in [5.74, 6) is 0.886. The Balaban J connectivity index is 1.78. The van der Waals surface area contributed by atoms with Gasteiger partial charge in [-0.3, -0.25) is 4.98 Å². The van der Waals surface area contributed by atoms with Crippen molar-refractivity contribution in [1.29, 1.82) is 0 Å². The van der Waals surface area contributed by atoms with Crippen LogP contribution in [0.1, 0.15) is 23.3 Å². The Morgan fingerprint density at radius 1 is 1.47 bits per heavy atom. The van der Waals surface area contributed by atoms with E-state index in [0.717, 1.165) is 24.4 Å². The molecule has 2 aromatic rings. The Hall–Kier alpha value is -1.20. The zero-order valence-electron chi connectivity index (χ0n) is 8.56. The SMILES string of the molecule is CCc1cc(CNCc2cncs2)on1. The van der Waals surface area contributed by atoms with E-state index in [1.54, 1.807) is 11.3 Å². The third-order valence-electron chi connectivity index (χ3n) is 2.05. The predicted molar refractivity (Wildman–Crippen MR) is 58.5 cm³/mol. The van der Waals surface area contributed by atoms with Crippen LogP contribution in [0.3, 0.4) is 0 Å². The minimum atomic E-state index is 0.713. The molecule has 0 bridgehead atoms. The molecule has 0 radical (unpaired) electrons. The summed E-state index contributed by atoms with van der Waals surface area (Å²) in [7, 11) is 0. The Bertz CT molecular complexity index is 396. The fourth-order valence-electron chi connectivity index (χ4n) is 1.24. The number of hydrogen-bond acceptors (Lipinski definition) is 5. The van der Waals surface area contributed by atoms with Gasteiger partial charge in [0.2, 0.25) is 0 Å². The van der Waals surface area contributed by atoms with E-state index in [-0.39, 0.29) is 0 Å². The molecule has 2 rings (SSSR count). The van der Waals surface area contributed by atoms with Crippen molar-refractivity contribution >= 4 is 11.3 Å². The molecule has 0 aliphatic rings. The molecule has 15 heavy (non-hydrogen) atoms. The molecule has 80 valence electrons. The number of thiazole rings is 1. The van der Waals surface area contributed by atoms with Crippen LogP contribution in [0.2, 0.25) is 0 Å². The van der Waals surface area contributed by atoms with Gasteiger partial charge in [-0.05, 0) is 6.42 Å². The van der Waals surface area contributed by atoms with Crippen molar-refractivity contribution in [2.24, 2.45) is 0 Å². The minimum Gasteiger partial charge on any atom is -0.360 e. The third kappa shape index (κ3) is 2.87. The van der Waals surface area contributed by atoms with Crippen LogP contribution in [0.25, 0.3) is 0 Å². The van der Waals surface area contributed by atoms with Gasteiger partial charge in [0.25, 0.3) is 0 Å². The molecule has 1 N–H and O–H groups in total. The maximum Gasteiger partial charge on any atom is 0.150 e. The minimum absolute atomic E-state index is 0.713. The highest BCUT2D eigenvalue weighted by atomic mass is 32.1. The molecular weight excluding hydrogens is 210 g/mol. The highest BCUT2D eigenvalue weighted by molar-refractivity contribution is 7.09. The zero-order valence-corrected chi connectivity index (χ0v) is 9.38. The van der Waals surface area contributed by atoms with Gasteiger partial charge >= 0.3 is 0 Å². The first kappa shape index (κ1) is 10.3. The number of hydrogen-bond donors (Lipinski definition) is 1. The van der Waals surface area contributed by atoms with Gasteiger partial charge in [-0.2, -0.15) is 0 Å². The molecule has 0 aromatic carbocycles. The van der Waals surface area contributed by atoms with Crippen LogP contribution in [0, 0.1) is 0 Å². The number of aryl methyl sites for hydroxylation is 1. The highest BCUT2D eigenvalue weighted by Gasteiger charge is 2.01. The van der Waals surface area contributed by atoms with E-state index in [0.29, 0.717) is 6.54 Å². The molecule has 0 atom stereocenters. The van der Waals surface area contributed by atoms with E-state index >= 15 is 0 Å². The van der Waals surface area contributed by atoms with Crippen molar-refractivity contribution < 1.29 is 4.52 Å². The largest absolute Gasteiger partial charge is 0.360 e. The molecule has 5 heteroatoms. The lowest BCUT2D eigenvalue weighted by Gasteiger charge is -1.97. The number of nitrogens with zero attached hydrogens (tertiary/aromatic N) is 2. The van der Waals surface area contributed by atoms with E-state index < -0.39 is 0 Å². The van der Waals surface area contributed by atoms with E-state index in [9.17, 15) is 0 Å². The number of rotatable bonds is 5. The Morgan fingerprint density at radius 2 is 2.40 bits per heavy atom. The van der Waals surface area contributed by atoms with Crippen LogP contribution in [-0.4, -0.2) is 10.1 Å². The molecule has 4 nitrogen and oxygen atoms in total. The van der Waals surface area contributed by atoms with Crippen molar-refractivity contribution in [2.75, 3.05) is 0 Å². The maximum atomic E-state index is 5.15. The van der Waals surface area contributed by atoms with Crippen molar-refractivity contribution in [3.63, 3.8) is 0 Å². The van der Waals surface area contributed by atoms with E-state index in [1.807, 2.05) is 17.8 Å². The summed E-state index contributed by atoms with van der Waals surface area (Å²) in [6.45, 7) is 3.60. The average molecular weight is 223 g/mol. The summed E-state index contributed by atoms with van der Waals surface area (Å²) in [5.41, 5.74) is 2.84. The van der Waals surface area contributed by atoms with Crippen molar-refractivity contribution in [1.82, 2.24) is 15.5 Å². The second-order valence-corrected chi connectivity index (χ2v) is 4.18. The molecule has 0 unspecified atom stereocenters. The fraction of sp³-hybridized carbons (Fsp3) is 0.400. The van der Waals surface area contributed by atoms with Gasteiger partial charge in [0, 0.05) is 23.7 Å². The summed E-state index contributed by atoms with van der Waals surface area (Å²) in [6, 6.07) is 1.99. The molecule has 0 saturated heterocycles. The van der Waals surface area contributed by atoms with Crippen molar-refractivity contribution in [3.05, 3.63) is 34.1 Å². The molecule has 0 amide bonds. The van der Waals surface area contributed by atoms with Gasteiger partial charge in [-0.15, -0.1) is 11.3 Å². The lowest BCUT2D eigenvalue weighted by molar-refractivity contribution is 0.368. The predicted octanol–water partition coefficient (Wildman–Crippen LogP) is 1.98. The summed E-state index contributed by atoms with van der Waals surface area (Å²) in [5, 5.41) is 7.20. The lowest BCUT2D eigenvalue weighted by atomic mass is 10.3. The Kier molecular flexibility index (Phi) is 3.47. The molecule has 0 aliphatic carbocycles. The second kappa shape index (κ2) is 5.04. The first-order valence-corrected chi connectivity index (χ1v) is 5.79.